The van der Waals surface area contributed by atoms with Gasteiger partial charge in [0.25, 0.3) is 5.91 Å². The van der Waals surface area contributed by atoms with Crippen LogP contribution in [-0.2, 0) is 0 Å². The third kappa shape index (κ3) is 5.27. The quantitative estimate of drug-likeness (QED) is 0.798. The molecule has 0 spiro atoms. The molecule has 21 heavy (non-hydrogen) atoms. The lowest BCUT2D eigenvalue weighted by Crippen LogP contribution is -2.37. The zero-order chi connectivity index (χ0) is 15.8. The minimum atomic E-state index is -0.121. The van der Waals surface area contributed by atoms with E-state index < -0.39 is 0 Å². The van der Waals surface area contributed by atoms with E-state index in [1.54, 1.807) is 32.4 Å². The molecule has 1 N–H and O–H groups in total. The van der Waals surface area contributed by atoms with Gasteiger partial charge < -0.3 is 19.7 Å². The highest BCUT2D eigenvalue weighted by Gasteiger charge is 2.11. The van der Waals surface area contributed by atoms with Crippen LogP contribution in [0, 0.1) is 0 Å². The van der Waals surface area contributed by atoms with E-state index in [-0.39, 0.29) is 5.91 Å². The Bertz CT molecular complexity index is 441. The van der Waals surface area contributed by atoms with E-state index in [2.05, 4.69) is 31.1 Å². The first-order valence-electron chi connectivity index (χ1n) is 7.23. The Morgan fingerprint density at radius 1 is 1.24 bits per heavy atom. The Morgan fingerprint density at radius 2 is 1.81 bits per heavy atom. The molecule has 0 saturated heterocycles. The number of hydrogen-bond acceptors (Lipinski definition) is 4. The van der Waals surface area contributed by atoms with Gasteiger partial charge in [0.15, 0.2) is 0 Å². The average Bonchev–Trinajstić information content (AvgIpc) is 2.52. The third-order valence-corrected chi connectivity index (χ3v) is 3.71. The number of carbonyl (C=O) groups is 1. The average molecular weight is 294 g/mol. The second-order valence-electron chi connectivity index (χ2n) is 5.10. The van der Waals surface area contributed by atoms with Crippen molar-refractivity contribution in [1.82, 2.24) is 10.2 Å². The van der Waals surface area contributed by atoms with Gasteiger partial charge in [0.05, 0.1) is 14.2 Å². The summed E-state index contributed by atoms with van der Waals surface area (Å²) in [7, 11) is 5.20. The number of benzene rings is 1. The van der Waals surface area contributed by atoms with Gasteiger partial charge in [-0.3, -0.25) is 4.79 Å². The number of ether oxygens (including phenoxy) is 2. The molecule has 1 aromatic carbocycles. The van der Waals surface area contributed by atoms with E-state index in [4.69, 9.17) is 9.47 Å². The van der Waals surface area contributed by atoms with Crippen LogP contribution in [0.2, 0.25) is 0 Å². The Balaban J connectivity index is 2.59. The number of nitrogens with one attached hydrogen (secondary N) is 1. The van der Waals surface area contributed by atoms with Crippen molar-refractivity contribution in [2.45, 2.75) is 26.3 Å². The van der Waals surface area contributed by atoms with Gasteiger partial charge in [-0.25, -0.2) is 0 Å². The van der Waals surface area contributed by atoms with Crippen molar-refractivity contribution in [2.24, 2.45) is 0 Å². The van der Waals surface area contributed by atoms with Crippen LogP contribution in [0.4, 0.5) is 0 Å². The van der Waals surface area contributed by atoms with Crippen molar-refractivity contribution in [3.05, 3.63) is 23.8 Å². The Labute approximate surface area is 127 Å². The minimum absolute atomic E-state index is 0.121. The Morgan fingerprint density at radius 3 is 2.29 bits per heavy atom. The maximum atomic E-state index is 12.2. The molecule has 0 aliphatic carbocycles. The summed E-state index contributed by atoms with van der Waals surface area (Å²) >= 11 is 0. The van der Waals surface area contributed by atoms with E-state index in [0.29, 0.717) is 29.6 Å². The summed E-state index contributed by atoms with van der Waals surface area (Å²) in [5.74, 6) is 1.09. The number of amides is 1. The molecular formula is C16H26N2O3. The molecule has 0 aliphatic rings. The monoisotopic (exact) mass is 294 g/mol. The topological polar surface area (TPSA) is 50.8 Å². The van der Waals surface area contributed by atoms with Gasteiger partial charge in [0, 0.05) is 30.8 Å². The summed E-state index contributed by atoms with van der Waals surface area (Å²) in [5.41, 5.74) is 0.539. The van der Waals surface area contributed by atoms with Gasteiger partial charge >= 0.3 is 0 Å². The number of likely N-dealkylation sites (N-methyl/N-ethyl adjacent to an activating group) is 1. The molecular weight excluding hydrogens is 268 g/mol. The van der Waals surface area contributed by atoms with Crippen LogP contribution in [0.3, 0.4) is 0 Å². The highest BCUT2D eigenvalue weighted by Crippen LogP contribution is 2.22. The highest BCUT2D eigenvalue weighted by molar-refractivity contribution is 5.95. The molecule has 0 radical (unpaired) electrons. The van der Waals surface area contributed by atoms with Crippen molar-refractivity contribution < 1.29 is 14.3 Å². The van der Waals surface area contributed by atoms with Crippen LogP contribution in [0.5, 0.6) is 11.5 Å². The van der Waals surface area contributed by atoms with Crippen molar-refractivity contribution in [1.29, 1.82) is 0 Å². The third-order valence-electron chi connectivity index (χ3n) is 3.71. The lowest BCUT2D eigenvalue weighted by molar-refractivity contribution is 0.0946. The van der Waals surface area contributed by atoms with Gasteiger partial charge in [-0.05, 0) is 32.5 Å². The van der Waals surface area contributed by atoms with Crippen LogP contribution in [0.1, 0.15) is 30.6 Å². The fraction of sp³-hybridized carbons (Fsp3) is 0.562. The number of hydrogen-bond donors (Lipinski definition) is 1. The summed E-state index contributed by atoms with van der Waals surface area (Å²) in [6.07, 6.45) is 1.09. The van der Waals surface area contributed by atoms with Gasteiger partial charge in [0.2, 0.25) is 0 Å². The van der Waals surface area contributed by atoms with E-state index in [1.165, 1.54) is 0 Å². The number of nitrogens with zero attached hydrogens (tertiary/aromatic N) is 1. The van der Waals surface area contributed by atoms with Crippen LogP contribution in [0.15, 0.2) is 18.2 Å². The van der Waals surface area contributed by atoms with Crippen LogP contribution >= 0.6 is 0 Å². The SMILES string of the molecule is CCC(C)N(C)CCNC(=O)c1cc(OC)cc(OC)c1. The van der Waals surface area contributed by atoms with Crippen molar-refractivity contribution in [3.63, 3.8) is 0 Å². The maximum absolute atomic E-state index is 12.2. The molecule has 0 fully saturated rings. The smallest absolute Gasteiger partial charge is 0.251 e. The summed E-state index contributed by atoms with van der Waals surface area (Å²) < 4.78 is 10.3. The molecule has 118 valence electrons. The molecule has 0 heterocycles. The van der Waals surface area contributed by atoms with Crippen molar-refractivity contribution in [3.8, 4) is 11.5 Å². The number of rotatable bonds is 8. The molecule has 0 saturated carbocycles. The molecule has 0 bridgehead atoms. The maximum Gasteiger partial charge on any atom is 0.251 e. The zero-order valence-corrected chi connectivity index (χ0v) is 13.6. The molecule has 1 amide bonds. The summed E-state index contributed by atoms with van der Waals surface area (Å²) in [5, 5.41) is 2.92. The summed E-state index contributed by atoms with van der Waals surface area (Å²) in [4.78, 5) is 14.4. The fourth-order valence-corrected chi connectivity index (χ4v) is 1.92. The molecule has 1 unspecified atom stereocenters. The highest BCUT2D eigenvalue weighted by atomic mass is 16.5. The van der Waals surface area contributed by atoms with E-state index in [9.17, 15) is 4.79 Å². The lowest BCUT2D eigenvalue weighted by atomic mass is 10.2. The standard InChI is InChI=1S/C16H26N2O3/c1-6-12(2)18(3)8-7-17-16(19)13-9-14(20-4)11-15(10-13)21-5/h9-12H,6-8H2,1-5H3,(H,17,19). The second-order valence-corrected chi connectivity index (χ2v) is 5.10. The number of methoxy groups -OCH3 is 2. The second kappa shape index (κ2) is 8.52. The van der Waals surface area contributed by atoms with Crippen LogP contribution in [-0.4, -0.2) is 51.2 Å². The summed E-state index contributed by atoms with van der Waals surface area (Å²) in [6, 6.07) is 5.67. The van der Waals surface area contributed by atoms with E-state index in [0.717, 1.165) is 13.0 Å². The lowest BCUT2D eigenvalue weighted by Gasteiger charge is -2.23. The van der Waals surface area contributed by atoms with Crippen molar-refractivity contribution >= 4 is 5.91 Å². The predicted molar refractivity (Wildman–Crippen MR) is 84.3 cm³/mol. The van der Waals surface area contributed by atoms with Gasteiger partial charge in [-0.2, -0.15) is 0 Å². The van der Waals surface area contributed by atoms with Crippen LogP contribution < -0.4 is 14.8 Å². The zero-order valence-electron chi connectivity index (χ0n) is 13.6. The minimum Gasteiger partial charge on any atom is -0.497 e. The normalized spacial score (nSPS) is 12.1. The van der Waals surface area contributed by atoms with Crippen LogP contribution in [0.25, 0.3) is 0 Å². The molecule has 1 rings (SSSR count). The molecule has 5 heteroatoms. The molecule has 1 aromatic rings. The largest absolute Gasteiger partial charge is 0.497 e. The molecule has 0 aromatic heterocycles. The van der Waals surface area contributed by atoms with E-state index in [1.807, 2.05) is 0 Å². The van der Waals surface area contributed by atoms with Gasteiger partial charge in [-0.1, -0.05) is 6.92 Å². The Hall–Kier alpha value is -1.75. The fourth-order valence-electron chi connectivity index (χ4n) is 1.92. The number of carbonyl (C=O) groups excluding carboxylic acids is 1. The molecule has 0 aliphatic heterocycles. The predicted octanol–water partition coefficient (Wildman–Crippen LogP) is 2.16. The molecule has 5 nitrogen and oxygen atoms in total. The van der Waals surface area contributed by atoms with Crippen molar-refractivity contribution in [2.75, 3.05) is 34.4 Å². The Kier molecular flexibility index (Phi) is 7.02. The molecule has 1 atom stereocenters. The summed E-state index contributed by atoms with van der Waals surface area (Å²) in [6.45, 7) is 5.76. The first kappa shape index (κ1) is 17.3. The first-order valence-corrected chi connectivity index (χ1v) is 7.23. The van der Waals surface area contributed by atoms with Gasteiger partial charge in [-0.15, -0.1) is 0 Å². The van der Waals surface area contributed by atoms with E-state index >= 15 is 0 Å². The first-order chi connectivity index (χ1) is 10.0. The van der Waals surface area contributed by atoms with Gasteiger partial charge in [0.1, 0.15) is 11.5 Å².